The van der Waals surface area contributed by atoms with Crippen LogP contribution in [0.2, 0.25) is 0 Å². The van der Waals surface area contributed by atoms with Crippen LogP contribution in [-0.2, 0) is 9.59 Å². The van der Waals surface area contributed by atoms with Gasteiger partial charge in [0.1, 0.15) is 4.75 Å². The average molecular weight is 229 g/mol. The van der Waals surface area contributed by atoms with Crippen LogP contribution in [0.15, 0.2) is 0 Å². The van der Waals surface area contributed by atoms with Gasteiger partial charge >= 0.3 is 0 Å². The van der Waals surface area contributed by atoms with E-state index in [0.29, 0.717) is 0 Å². The van der Waals surface area contributed by atoms with Gasteiger partial charge in [-0.1, -0.05) is 13.8 Å². The van der Waals surface area contributed by atoms with Crippen molar-refractivity contribution in [2.75, 3.05) is 0 Å². The zero-order valence-corrected chi connectivity index (χ0v) is 10.9. The van der Waals surface area contributed by atoms with Gasteiger partial charge in [0.2, 0.25) is 11.8 Å². The molecule has 15 heavy (non-hydrogen) atoms. The number of amides is 2. The molecule has 2 amide bonds. The number of thiol groups is 1. The van der Waals surface area contributed by atoms with Crippen molar-refractivity contribution in [1.29, 1.82) is 0 Å². The number of likely N-dealkylation sites (tertiary alicyclic amines) is 1. The quantitative estimate of drug-likeness (QED) is 0.550. The Kier molecular flexibility index (Phi) is 2.94. The number of carbonyl (C=O) groups excluding carboxylic acids is 2. The molecule has 1 heterocycles. The maximum atomic E-state index is 12.2. The van der Waals surface area contributed by atoms with Crippen molar-refractivity contribution in [3.63, 3.8) is 0 Å². The van der Waals surface area contributed by atoms with Gasteiger partial charge < -0.3 is 0 Å². The van der Waals surface area contributed by atoms with E-state index in [2.05, 4.69) is 12.6 Å². The predicted octanol–water partition coefficient (Wildman–Crippen LogP) is 1.87. The fourth-order valence-corrected chi connectivity index (χ4v) is 2.06. The largest absolute Gasteiger partial charge is 0.276 e. The second kappa shape index (κ2) is 3.51. The van der Waals surface area contributed by atoms with Crippen LogP contribution in [0.3, 0.4) is 0 Å². The highest BCUT2D eigenvalue weighted by Crippen LogP contribution is 2.39. The van der Waals surface area contributed by atoms with E-state index in [1.54, 1.807) is 0 Å². The van der Waals surface area contributed by atoms with Gasteiger partial charge in [-0.3, -0.25) is 14.5 Å². The summed E-state index contributed by atoms with van der Waals surface area (Å²) in [6, 6.07) is 0. The van der Waals surface area contributed by atoms with Crippen molar-refractivity contribution in [2.24, 2.45) is 5.92 Å². The van der Waals surface area contributed by atoms with Gasteiger partial charge in [0.05, 0.1) is 6.42 Å². The standard InChI is InChI=1S/C11H19NO2S/c1-7(2)11(15)6-8(13)12(9(11)14)10(3,4)5/h7,15H,6H2,1-5H3. The minimum Gasteiger partial charge on any atom is -0.276 e. The molecule has 0 saturated carbocycles. The van der Waals surface area contributed by atoms with Crippen LogP contribution in [0.25, 0.3) is 0 Å². The monoisotopic (exact) mass is 229 g/mol. The zero-order valence-electron chi connectivity index (χ0n) is 10.00. The molecule has 0 aromatic heterocycles. The number of rotatable bonds is 1. The Morgan fingerprint density at radius 1 is 1.33 bits per heavy atom. The summed E-state index contributed by atoms with van der Waals surface area (Å²) in [5.41, 5.74) is -0.451. The topological polar surface area (TPSA) is 37.4 Å². The van der Waals surface area contributed by atoms with Gasteiger partial charge in [-0.25, -0.2) is 0 Å². The number of nitrogens with zero attached hydrogens (tertiary/aromatic N) is 1. The first-order valence-corrected chi connectivity index (χ1v) is 5.65. The summed E-state index contributed by atoms with van der Waals surface area (Å²) in [4.78, 5) is 25.3. The van der Waals surface area contributed by atoms with Crippen LogP contribution in [0.1, 0.15) is 41.0 Å². The molecule has 0 bridgehead atoms. The summed E-state index contributed by atoms with van der Waals surface area (Å²) < 4.78 is -0.815. The smallest absolute Gasteiger partial charge is 0.246 e. The van der Waals surface area contributed by atoms with Gasteiger partial charge in [-0.15, -0.1) is 0 Å². The maximum Gasteiger partial charge on any atom is 0.246 e. The third kappa shape index (κ3) is 1.92. The second-order valence-electron chi connectivity index (χ2n) is 5.46. The van der Waals surface area contributed by atoms with E-state index >= 15 is 0 Å². The van der Waals surface area contributed by atoms with Gasteiger partial charge in [0.15, 0.2) is 0 Å². The Balaban J connectivity index is 3.09. The van der Waals surface area contributed by atoms with E-state index in [1.807, 2.05) is 34.6 Å². The molecule has 3 nitrogen and oxygen atoms in total. The van der Waals surface area contributed by atoms with Crippen LogP contribution in [-0.4, -0.2) is 27.0 Å². The molecule has 86 valence electrons. The lowest BCUT2D eigenvalue weighted by molar-refractivity contribution is -0.144. The lowest BCUT2D eigenvalue weighted by Gasteiger charge is -2.32. The third-order valence-electron chi connectivity index (χ3n) is 2.87. The molecule has 0 radical (unpaired) electrons. The second-order valence-corrected chi connectivity index (χ2v) is 6.26. The van der Waals surface area contributed by atoms with Crippen LogP contribution in [0.4, 0.5) is 0 Å². The molecule has 0 N–H and O–H groups in total. The van der Waals surface area contributed by atoms with E-state index in [0.717, 1.165) is 0 Å². The summed E-state index contributed by atoms with van der Waals surface area (Å²) in [7, 11) is 0. The zero-order chi connectivity index (χ0) is 12.0. The molecular formula is C11H19NO2S. The van der Waals surface area contributed by atoms with Crippen molar-refractivity contribution >= 4 is 24.4 Å². The average Bonchev–Trinajstić information content (AvgIpc) is 2.22. The third-order valence-corrected chi connectivity index (χ3v) is 3.74. The fourth-order valence-electron chi connectivity index (χ4n) is 1.82. The first kappa shape index (κ1) is 12.6. The molecule has 1 atom stereocenters. The Labute approximate surface area is 96.6 Å². The SMILES string of the molecule is CC(C)C1(S)CC(=O)N(C(C)(C)C)C1=O. The molecule has 1 aliphatic rings. The Morgan fingerprint density at radius 3 is 2.00 bits per heavy atom. The molecule has 1 aliphatic heterocycles. The Bertz CT molecular complexity index is 306. The van der Waals surface area contributed by atoms with Gasteiger partial charge in [0.25, 0.3) is 0 Å². The maximum absolute atomic E-state index is 12.2. The summed E-state index contributed by atoms with van der Waals surface area (Å²) in [5.74, 6) is -0.209. The summed E-state index contributed by atoms with van der Waals surface area (Å²) in [6.45, 7) is 9.43. The highest BCUT2D eigenvalue weighted by Gasteiger charge is 2.53. The number of carbonyl (C=O) groups is 2. The van der Waals surface area contributed by atoms with E-state index in [4.69, 9.17) is 0 Å². The van der Waals surface area contributed by atoms with Crippen LogP contribution < -0.4 is 0 Å². The predicted molar refractivity (Wildman–Crippen MR) is 62.8 cm³/mol. The van der Waals surface area contributed by atoms with Crippen molar-refractivity contribution in [3.8, 4) is 0 Å². The van der Waals surface area contributed by atoms with E-state index < -0.39 is 10.3 Å². The molecule has 0 spiro atoms. The molecule has 1 rings (SSSR count). The first-order valence-electron chi connectivity index (χ1n) is 5.20. The highest BCUT2D eigenvalue weighted by molar-refractivity contribution is 7.82. The normalized spacial score (nSPS) is 28.1. The van der Waals surface area contributed by atoms with Gasteiger partial charge in [-0.05, 0) is 26.7 Å². The summed E-state index contributed by atoms with van der Waals surface area (Å²) >= 11 is 4.41. The number of hydrogen-bond acceptors (Lipinski definition) is 3. The van der Waals surface area contributed by atoms with Gasteiger partial charge in [-0.2, -0.15) is 12.6 Å². The minimum absolute atomic E-state index is 0.0598. The molecule has 4 heteroatoms. The molecule has 0 aromatic rings. The van der Waals surface area contributed by atoms with Gasteiger partial charge in [0, 0.05) is 5.54 Å². The lowest BCUT2D eigenvalue weighted by Crippen LogP contribution is -2.49. The van der Waals surface area contributed by atoms with Crippen molar-refractivity contribution < 1.29 is 9.59 Å². The number of hydrogen-bond donors (Lipinski definition) is 1. The highest BCUT2D eigenvalue weighted by atomic mass is 32.1. The molecule has 1 fully saturated rings. The molecule has 0 aromatic carbocycles. The van der Waals surface area contributed by atoms with Crippen molar-refractivity contribution in [2.45, 2.75) is 51.3 Å². The molecule has 1 saturated heterocycles. The molecular weight excluding hydrogens is 210 g/mol. The fraction of sp³-hybridized carbons (Fsp3) is 0.818. The molecule has 0 aliphatic carbocycles. The minimum atomic E-state index is -0.815. The number of imide groups is 1. The first-order chi connectivity index (χ1) is 6.60. The van der Waals surface area contributed by atoms with E-state index in [-0.39, 0.29) is 24.2 Å². The van der Waals surface area contributed by atoms with E-state index in [1.165, 1.54) is 4.90 Å². The summed E-state index contributed by atoms with van der Waals surface area (Å²) in [6.07, 6.45) is 0.212. The van der Waals surface area contributed by atoms with Crippen LogP contribution >= 0.6 is 12.6 Å². The summed E-state index contributed by atoms with van der Waals surface area (Å²) in [5, 5.41) is 0. The Morgan fingerprint density at radius 2 is 1.80 bits per heavy atom. The van der Waals surface area contributed by atoms with Crippen molar-refractivity contribution in [3.05, 3.63) is 0 Å². The van der Waals surface area contributed by atoms with Crippen molar-refractivity contribution in [1.82, 2.24) is 4.90 Å². The Hall–Kier alpha value is -0.510. The lowest BCUT2D eigenvalue weighted by atomic mass is 9.93. The van der Waals surface area contributed by atoms with Crippen LogP contribution in [0.5, 0.6) is 0 Å². The van der Waals surface area contributed by atoms with E-state index in [9.17, 15) is 9.59 Å². The van der Waals surface area contributed by atoms with Crippen LogP contribution in [0, 0.1) is 5.92 Å². The molecule has 1 unspecified atom stereocenters.